The molecule has 0 fully saturated rings. The summed E-state index contributed by atoms with van der Waals surface area (Å²) in [6.45, 7) is 0. The van der Waals surface area contributed by atoms with E-state index in [4.69, 9.17) is 20.6 Å². The lowest BCUT2D eigenvalue weighted by Crippen LogP contribution is -2.38. The molecule has 0 aliphatic heterocycles. The van der Waals surface area contributed by atoms with Crippen molar-refractivity contribution in [1.82, 2.24) is 4.98 Å². The first-order valence-electron chi connectivity index (χ1n) is 4.74. The molecule has 0 spiro atoms. The maximum Gasteiger partial charge on any atom is 0.326 e. The van der Waals surface area contributed by atoms with Crippen LogP contribution < -0.4 is 5.73 Å². The van der Waals surface area contributed by atoms with Gasteiger partial charge in [0.25, 0.3) is 0 Å². The van der Waals surface area contributed by atoms with Gasteiger partial charge in [0.05, 0.1) is 6.16 Å². The number of nitrogens with two attached hydrogens (primary N) is 1. The summed E-state index contributed by atoms with van der Waals surface area (Å²) < 4.78 is 11.0. The molecule has 0 bridgehead atoms. The van der Waals surface area contributed by atoms with Crippen LogP contribution in [0.25, 0.3) is 0 Å². The molecule has 1 heterocycles. The van der Waals surface area contributed by atoms with Crippen LogP contribution in [0.5, 0.6) is 0 Å². The standard InChI is InChI=1S/C9H13N2O5P/c10-8(9(12)13)7(5-17(14,15)16)6-2-1-3-11-4-6/h1-4,7-8H,5,10H2,(H,12,13)(H2,14,15,16)/t7-,8+/m0/s1. The highest BCUT2D eigenvalue weighted by Gasteiger charge is 2.32. The third-order valence-corrected chi connectivity index (χ3v) is 3.13. The van der Waals surface area contributed by atoms with Gasteiger partial charge in [0.1, 0.15) is 6.04 Å². The van der Waals surface area contributed by atoms with Crippen molar-refractivity contribution in [1.29, 1.82) is 0 Å². The van der Waals surface area contributed by atoms with Crippen LogP contribution in [0.2, 0.25) is 0 Å². The molecular formula is C9H13N2O5P. The molecule has 0 aliphatic carbocycles. The highest BCUT2D eigenvalue weighted by Crippen LogP contribution is 2.40. The van der Waals surface area contributed by atoms with Gasteiger partial charge in [-0.3, -0.25) is 14.3 Å². The van der Waals surface area contributed by atoms with Gasteiger partial charge in [-0.2, -0.15) is 0 Å². The second-order valence-corrected chi connectivity index (χ2v) is 5.30. The van der Waals surface area contributed by atoms with E-state index in [-0.39, 0.29) is 0 Å². The maximum atomic E-state index is 11.0. The van der Waals surface area contributed by atoms with E-state index in [1.807, 2.05) is 0 Å². The fourth-order valence-corrected chi connectivity index (χ4v) is 2.40. The summed E-state index contributed by atoms with van der Waals surface area (Å²) in [6, 6.07) is 1.71. The lowest BCUT2D eigenvalue weighted by Gasteiger charge is -2.21. The molecule has 1 aromatic rings. The number of rotatable bonds is 5. The van der Waals surface area contributed by atoms with Crippen molar-refractivity contribution in [3.63, 3.8) is 0 Å². The third kappa shape index (κ3) is 4.24. The number of pyridine rings is 1. The monoisotopic (exact) mass is 260 g/mol. The number of nitrogens with zero attached hydrogens (tertiary/aromatic N) is 1. The summed E-state index contributed by atoms with van der Waals surface area (Å²) in [6.07, 6.45) is 2.21. The first-order valence-corrected chi connectivity index (χ1v) is 6.54. The van der Waals surface area contributed by atoms with Gasteiger partial charge in [-0.15, -0.1) is 0 Å². The van der Waals surface area contributed by atoms with Crippen LogP contribution >= 0.6 is 7.60 Å². The minimum absolute atomic E-state index is 0.394. The Bertz CT molecular complexity index is 432. The Kier molecular flexibility index (Phi) is 4.36. The van der Waals surface area contributed by atoms with Gasteiger partial charge < -0.3 is 20.6 Å². The molecule has 5 N–H and O–H groups in total. The van der Waals surface area contributed by atoms with Gasteiger partial charge in [0.15, 0.2) is 0 Å². The van der Waals surface area contributed by atoms with Gasteiger partial charge >= 0.3 is 13.6 Å². The first-order chi connectivity index (χ1) is 7.81. The van der Waals surface area contributed by atoms with Crippen LogP contribution in [-0.2, 0) is 9.36 Å². The Balaban J connectivity index is 3.03. The molecule has 94 valence electrons. The van der Waals surface area contributed by atoms with Crippen LogP contribution in [0.3, 0.4) is 0 Å². The number of hydrogen-bond donors (Lipinski definition) is 4. The zero-order valence-corrected chi connectivity index (χ0v) is 9.70. The molecule has 1 rings (SSSR count). The molecule has 0 aliphatic rings. The molecule has 0 saturated heterocycles. The number of carboxylic acids is 1. The summed E-state index contributed by atoms with van der Waals surface area (Å²) in [5, 5.41) is 8.81. The fraction of sp³-hybridized carbons (Fsp3) is 0.333. The van der Waals surface area contributed by atoms with E-state index < -0.39 is 31.7 Å². The molecule has 0 radical (unpaired) electrons. The maximum absolute atomic E-state index is 11.0. The Morgan fingerprint density at radius 1 is 1.53 bits per heavy atom. The summed E-state index contributed by atoms with van der Waals surface area (Å²) >= 11 is 0. The first kappa shape index (κ1) is 13.8. The molecular weight excluding hydrogens is 247 g/mol. The predicted molar refractivity (Wildman–Crippen MR) is 59.5 cm³/mol. The molecule has 2 atom stereocenters. The zero-order chi connectivity index (χ0) is 13.1. The second-order valence-electron chi connectivity index (χ2n) is 3.60. The topological polar surface area (TPSA) is 134 Å². The van der Waals surface area contributed by atoms with Crippen molar-refractivity contribution < 1.29 is 24.3 Å². The molecule has 0 unspecified atom stereocenters. The van der Waals surface area contributed by atoms with Crippen molar-refractivity contribution >= 4 is 13.6 Å². The Morgan fingerprint density at radius 3 is 2.59 bits per heavy atom. The van der Waals surface area contributed by atoms with Gasteiger partial charge in [0.2, 0.25) is 0 Å². The van der Waals surface area contributed by atoms with Gasteiger partial charge in [-0.25, -0.2) is 0 Å². The number of hydrogen-bond acceptors (Lipinski definition) is 4. The summed E-state index contributed by atoms with van der Waals surface area (Å²) in [4.78, 5) is 32.4. The molecule has 0 saturated carbocycles. The largest absolute Gasteiger partial charge is 0.480 e. The zero-order valence-electron chi connectivity index (χ0n) is 8.80. The summed E-state index contributed by atoms with van der Waals surface area (Å²) in [7, 11) is -4.35. The molecule has 1 aromatic heterocycles. The van der Waals surface area contributed by atoms with Crippen molar-refractivity contribution in [2.75, 3.05) is 6.16 Å². The average molecular weight is 260 g/mol. The second kappa shape index (κ2) is 5.37. The van der Waals surface area contributed by atoms with Crippen LogP contribution in [0.15, 0.2) is 24.5 Å². The van der Waals surface area contributed by atoms with Crippen molar-refractivity contribution in [3.05, 3.63) is 30.1 Å². The normalized spacial score (nSPS) is 15.2. The van der Waals surface area contributed by atoms with E-state index >= 15 is 0 Å². The van der Waals surface area contributed by atoms with E-state index in [0.717, 1.165) is 0 Å². The van der Waals surface area contributed by atoms with Gasteiger partial charge in [-0.05, 0) is 11.6 Å². The van der Waals surface area contributed by atoms with Crippen LogP contribution in [0.4, 0.5) is 0 Å². The number of carbonyl (C=O) groups is 1. The predicted octanol–water partition coefficient (Wildman–Crippen LogP) is -0.245. The van der Waals surface area contributed by atoms with Crippen molar-refractivity contribution in [2.24, 2.45) is 5.73 Å². The van der Waals surface area contributed by atoms with Crippen LogP contribution in [0.1, 0.15) is 11.5 Å². The van der Waals surface area contributed by atoms with Gasteiger partial charge in [0, 0.05) is 18.3 Å². The minimum atomic E-state index is -4.35. The van der Waals surface area contributed by atoms with Crippen LogP contribution in [-0.4, -0.2) is 38.1 Å². The Labute approximate surface area is 97.5 Å². The minimum Gasteiger partial charge on any atom is -0.480 e. The Hall–Kier alpha value is -1.27. The van der Waals surface area contributed by atoms with E-state index in [2.05, 4.69) is 4.98 Å². The molecule has 7 nitrogen and oxygen atoms in total. The SMILES string of the molecule is N[C@@H](C(=O)O)[C@@H](CP(=O)(O)O)c1cccnc1. The van der Waals surface area contributed by atoms with Crippen molar-refractivity contribution in [3.8, 4) is 0 Å². The smallest absolute Gasteiger partial charge is 0.326 e. The number of carboxylic acid groups (broad SMARTS) is 1. The number of aromatic nitrogens is 1. The van der Waals surface area contributed by atoms with E-state index in [9.17, 15) is 9.36 Å². The van der Waals surface area contributed by atoms with E-state index in [0.29, 0.717) is 5.56 Å². The van der Waals surface area contributed by atoms with E-state index in [1.54, 1.807) is 6.07 Å². The highest BCUT2D eigenvalue weighted by molar-refractivity contribution is 7.51. The fourth-order valence-electron chi connectivity index (χ4n) is 1.45. The molecule has 17 heavy (non-hydrogen) atoms. The van der Waals surface area contributed by atoms with Gasteiger partial charge in [-0.1, -0.05) is 6.07 Å². The Morgan fingerprint density at radius 2 is 2.18 bits per heavy atom. The molecule has 8 heteroatoms. The number of aliphatic carboxylic acids is 1. The average Bonchev–Trinajstić information content (AvgIpc) is 2.25. The molecule has 0 amide bonds. The van der Waals surface area contributed by atoms with Crippen LogP contribution in [0, 0.1) is 0 Å². The quantitative estimate of drug-likeness (QED) is 0.536. The van der Waals surface area contributed by atoms with Crippen molar-refractivity contribution in [2.45, 2.75) is 12.0 Å². The summed E-state index contributed by atoms with van der Waals surface area (Å²) in [5.41, 5.74) is 5.82. The lowest BCUT2D eigenvalue weighted by atomic mass is 9.95. The third-order valence-electron chi connectivity index (χ3n) is 2.27. The lowest BCUT2D eigenvalue weighted by molar-refractivity contribution is -0.138. The molecule has 0 aromatic carbocycles. The van der Waals surface area contributed by atoms with E-state index in [1.165, 1.54) is 18.5 Å². The highest BCUT2D eigenvalue weighted by atomic mass is 31.2. The summed E-state index contributed by atoms with van der Waals surface area (Å²) in [5.74, 6) is -2.28.